The molecule has 0 spiro atoms. The molecule has 1 unspecified atom stereocenters. The summed E-state index contributed by atoms with van der Waals surface area (Å²) in [6, 6.07) is 10.2. The second-order valence-electron chi connectivity index (χ2n) is 8.26. The predicted octanol–water partition coefficient (Wildman–Crippen LogP) is 3.59. The Kier molecular flexibility index (Phi) is 6.46. The van der Waals surface area contributed by atoms with Crippen LogP contribution in [0.3, 0.4) is 0 Å². The Labute approximate surface area is 189 Å². The lowest BCUT2D eigenvalue weighted by Crippen LogP contribution is -2.53. The summed E-state index contributed by atoms with van der Waals surface area (Å²) in [6.45, 7) is 1.89. The minimum atomic E-state index is -4.45. The molecule has 0 aliphatic carbocycles. The number of hydrogen-bond donors (Lipinski definition) is 3. The zero-order chi connectivity index (χ0) is 23.6. The molecule has 33 heavy (non-hydrogen) atoms. The van der Waals surface area contributed by atoms with Gasteiger partial charge >= 0.3 is 12.2 Å². The molecule has 2 saturated heterocycles. The van der Waals surface area contributed by atoms with Crippen molar-refractivity contribution in [1.82, 2.24) is 5.32 Å². The molecule has 2 heterocycles. The van der Waals surface area contributed by atoms with E-state index in [1.165, 1.54) is 12.1 Å². The van der Waals surface area contributed by atoms with Gasteiger partial charge in [-0.1, -0.05) is 0 Å². The van der Waals surface area contributed by atoms with Crippen LogP contribution in [0.4, 0.5) is 35.0 Å². The first-order chi connectivity index (χ1) is 15.7. The summed E-state index contributed by atoms with van der Waals surface area (Å²) >= 11 is 0. The van der Waals surface area contributed by atoms with Crippen LogP contribution in [-0.2, 0) is 11.0 Å². The van der Waals surface area contributed by atoms with Gasteiger partial charge in [-0.15, -0.1) is 0 Å². The van der Waals surface area contributed by atoms with Crippen molar-refractivity contribution in [2.45, 2.75) is 37.6 Å². The lowest BCUT2D eigenvalue weighted by Gasteiger charge is -2.33. The summed E-state index contributed by atoms with van der Waals surface area (Å²) in [4.78, 5) is 29.0. The van der Waals surface area contributed by atoms with E-state index in [1.807, 2.05) is 24.3 Å². The van der Waals surface area contributed by atoms with Crippen molar-refractivity contribution < 1.29 is 27.9 Å². The number of β-amino-alcohol motifs (C(OH)–C–C–N with tert-alkyl or cyclic N) is 1. The number of urea groups is 1. The van der Waals surface area contributed by atoms with E-state index in [4.69, 9.17) is 0 Å². The van der Waals surface area contributed by atoms with Gasteiger partial charge in [0.25, 0.3) is 0 Å². The second kappa shape index (κ2) is 9.30. The maximum atomic E-state index is 13.0. The van der Waals surface area contributed by atoms with E-state index < -0.39 is 23.8 Å². The minimum Gasteiger partial charge on any atom is -0.391 e. The molecule has 0 aromatic heterocycles. The highest BCUT2D eigenvalue weighted by Gasteiger charge is 2.32. The fourth-order valence-corrected chi connectivity index (χ4v) is 4.15. The van der Waals surface area contributed by atoms with Crippen LogP contribution in [0.25, 0.3) is 0 Å². The SMILES string of the molecule is O=C(Nc1ccc(C(F)(F)F)cc1)NC1CCCN(c2ccc(N3CC[C@@H](O)C3)cc2)C1=O. The van der Waals surface area contributed by atoms with Crippen molar-refractivity contribution in [2.75, 3.05) is 34.8 Å². The van der Waals surface area contributed by atoms with Gasteiger partial charge < -0.3 is 25.5 Å². The molecule has 2 aliphatic rings. The van der Waals surface area contributed by atoms with Crippen LogP contribution < -0.4 is 20.4 Å². The molecule has 3 N–H and O–H groups in total. The maximum Gasteiger partial charge on any atom is 0.416 e. The number of carbonyl (C=O) groups excluding carboxylic acids is 2. The number of halogens is 3. The van der Waals surface area contributed by atoms with E-state index in [2.05, 4.69) is 15.5 Å². The summed E-state index contributed by atoms with van der Waals surface area (Å²) in [5, 5.41) is 14.8. The third-order valence-corrected chi connectivity index (χ3v) is 5.90. The summed E-state index contributed by atoms with van der Waals surface area (Å²) < 4.78 is 38.0. The molecular formula is C23H25F3N4O3. The molecular weight excluding hydrogens is 437 g/mol. The Morgan fingerprint density at radius 2 is 1.64 bits per heavy atom. The molecule has 0 bridgehead atoms. The van der Waals surface area contributed by atoms with E-state index in [0.29, 0.717) is 25.9 Å². The molecule has 2 aromatic rings. The van der Waals surface area contributed by atoms with Crippen LogP contribution in [0, 0.1) is 0 Å². The maximum absolute atomic E-state index is 13.0. The van der Waals surface area contributed by atoms with Crippen LogP contribution in [0.2, 0.25) is 0 Å². The van der Waals surface area contributed by atoms with E-state index in [9.17, 15) is 27.9 Å². The quantitative estimate of drug-likeness (QED) is 0.649. The summed E-state index contributed by atoms with van der Waals surface area (Å²) in [6.07, 6.45) is -2.88. The first kappa shape index (κ1) is 22.9. The van der Waals surface area contributed by atoms with Gasteiger partial charge in [0.1, 0.15) is 6.04 Å². The van der Waals surface area contributed by atoms with Crippen LogP contribution in [0.5, 0.6) is 0 Å². The fourth-order valence-electron chi connectivity index (χ4n) is 4.15. The fraction of sp³-hybridized carbons (Fsp3) is 0.391. The van der Waals surface area contributed by atoms with Crippen LogP contribution in [0.1, 0.15) is 24.8 Å². The van der Waals surface area contributed by atoms with Gasteiger partial charge in [-0.3, -0.25) is 4.79 Å². The molecule has 2 atom stereocenters. The Balaban J connectivity index is 1.35. The molecule has 7 nitrogen and oxygen atoms in total. The van der Waals surface area contributed by atoms with Crippen molar-refractivity contribution in [1.29, 1.82) is 0 Å². The van der Waals surface area contributed by atoms with E-state index in [1.54, 1.807) is 4.90 Å². The number of benzene rings is 2. The first-order valence-electron chi connectivity index (χ1n) is 10.8. The largest absolute Gasteiger partial charge is 0.416 e. The van der Waals surface area contributed by atoms with Gasteiger partial charge in [-0.25, -0.2) is 4.79 Å². The van der Waals surface area contributed by atoms with Gasteiger partial charge in [0.2, 0.25) is 5.91 Å². The highest BCUT2D eigenvalue weighted by molar-refractivity contribution is 6.01. The van der Waals surface area contributed by atoms with E-state index >= 15 is 0 Å². The van der Waals surface area contributed by atoms with Gasteiger partial charge in [-0.2, -0.15) is 13.2 Å². The summed E-state index contributed by atoms with van der Waals surface area (Å²) in [5.41, 5.74) is 1.09. The van der Waals surface area contributed by atoms with Gasteiger partial charge in [-0.05, 0) is 67.8 Å². The Morgan fingerprint density at radius 1 is 0.970 bits per heavy atom. The van der Waals surface area contributed by atoms with Gasteiger partial charge in [0.15, 0.2) is 0 Å². The molecule has 2 fully saturated rings. The normalized spacial score (nSPS) is 21.3. The number of aliphatic hydroxyl groups is 1. The third-order valence-electron chi connectivity index (χ3n) is 5.90. The van der Waals surface area contributed by atoms with Crippen LogP contribution in [0.15, 0.2) is 48.5 Å². The zero-order valence-corrected chi connectivity index (χ0v) is 17.8. The average Bonchev–Trinajstić information content (AvgIpc) is 3.21. The first-order valence-corrected chi connectivity index (χ1v) is 10.8. The number of nitrogens with one attached hydrogen (secondary N) is 2. The summed E-state index contributed by atoms with van der Waals surface area (Å²) in [5.74, 6) is -0.242. The van der Waals surface area contributed by atoms with Crippen LogP contribution in [-0.4, -0.2) is 48.8 Å². The molecule has 0 radical (unpaired) electrons. The minimum absolute atomic E-state index is 0.197. The number of hydrogen-bond acceptors (Lipinski definition) is 4. The van der Waals surface area contributed by atoms with E-state index in [0.717, 1.165) is 36.5 Å². The van der Waals surface area contributed by atoms with Crippen molar-refractivity contribution in [3.05, 3.63) is 54.1 Å². The van der Waals surface area contributed by atoms with Crippen LogP contribution >= 0.6 is 0 Å². The molecule has 10 heteroatoms. The number of aliphatic hydroxyl groups excluding tert-OH is 1. The van der Waals surface area contributed by atoms with Crippen molar-refractivity contribution in [3.8, 4) is 0 Å². The highest BCUT2D eigenvalue weighted by Crippen LogP contribution is 2.30. The molecule has 176 valence electrons. The molecule has 3 amide bonds. The topological polar surface area (TPSA) is 84.9 Å². The number of nitrogens with zero attached hydrogens (tertiary/aromatic N) is 2. The molecule has 0 saturated carbocycles. The number of anilines is 3. The lowest BCUT2D eigenvalue weighted by atomic mass is 10.0. The van der Waals surface area contributed by atoms with Gasteiger partial charge in [0, 0.05) is 36.7 Å². The zero-order valence-electron chi connectivity index (χ0n) is 17.8. The van der Waals surface area contributed by atoms with Crippen molar-refractivity contribution in [3.63, 3.8) is 0 Å². The van der Waals surface area contributed by atoms with E-state index in [-0.39, 0.29) is 17.7 Å². The van der Waals surface area contributed by atoms with Gasteiger partial charge in [0.05, 0.1) is 11.7 Å². The molecule has 2 aliphatic heterocycles. The van der Waals surface area contributed by atoms with Crippen molar-refractivity contribution in [2.24, 2.45) is 0 Å². The predicted molar refractivity (Wildman–Crippen MR) is 118 cm³/mol. The smallest absolute Gasteiger partial charge is 0.391 e. The Morgan fingerprint density at radius 3 is 2.24 bits per heavy atom. The number of amides is 3. The lowest BCUT2D eigenvalue weighted by molar-refractivity contribution is -0.137. The Hall–Kier alpha value is -3.27. The van der Waals surface area contributed by atoms with Crippen molar-refractivity contribution >= 4 is 29.0 Å². The number of rotatable bonds is 4. The monoisotopic (exact) mass is 462 g/mol. The highest BCUT2D eigenvalue weighted by atomic mass is 19.4. The average molecular weight is 462 g/mol. The molecule has 2 aromatic carbocycles. The second-order valence-corrected chi connectivity index (χ2v) is 8.26. The molecule has 4 rings (SSSR count). The summed E-state index contributed by atoms with van der Waals surface area (Å²) in [7, 11) is 0. The number of piperidine rings is 1. The number of alkyl halides is 3. The number of carbonyl (C=O) groups is 2. The third kappa shape index (κ3) is 5.39. The standard InChI is InChI=1S/C23H25F3N4O3/c24-23(25,26)15-3-5-16(6-4-15)27-22(33)28-20-2-1-12-30(21(20)32)18-9-7-17(8-10-18)29-13-11-19(31)14-29/h3-10,19-20,31H,1-2,11-14H2,(H2,27,28,33)/t19-,20?/m1/s1. The Bertz CT molecular complexity index is 996.